The van der Waals surface area contributed by atoms with Gasteiger partial charge in [0.2, 0.25) is 0 Å². The molecule has 2 aromatic carbocycles. The number of likely N-dealkylation sites (tertiary alicyclic amines) is 1. The third-order valence-electron chi connectivity index (χ3n) is 6.98. The molecule has 0 saturated carbocycles. The second-order valence-corrected chi connectivity index (χ2v) is 9.68. The summed E-state index contributed by atoms with van der Waals surface area (Å²) in [5, 5.41) is 12.0. The van der Waals surface area contributed by atoms with Gasteiger partial charge in [0.1, 0.15) is 12.4 Å². The topological polar surface area (TPSA) is 59.7 Å². The van der Waals surface area contributed by atoms with E-state index in [-0.39, 0.29) is 0 Å². The molecule has 1 atom stereocenters. The molecule has 3 heterocycles. The van der Waals surface area contributed by atoms with Crippen molar-refractivity contribution in [3.05, 3.63) is 66.5 Å². The van der Waals surface area contributed by atoms with Crippen LogP contribution < -0.4 is 10.1 Å². The highest BCUT2D eigenvalue weighted by Gasteiger charge is 2.20. The van der Waals surface area contributed by atoms with Crippen molar-refractivity contribution in [3.8, 4) is 5.75 Å². The van der Waals surface area contributed by atoms with E-state index in [1.807, 2.05) is 12.3 Å². The fourth-order valence-electron chi connectivity index (χ4n) is 4.96. The molecule has 2 aliphatic rings. The van der Waals surface area contributed by atoms with Gasteiger partial charge in [0.25, 0.3) is 0 Å². The summed E-state index contributed by atoms with van der Waals surface area (Å²) in [6.45, 7) is 12.1. The zero-order valence-corrected chi connectivity index (χ0v) is 20.2. The first-order valence-electron chi connectivity index (χ1n) is 12.4. The quantitative estimate of drug-likeness (QED) is 0.534. The number of nitrogens with one attached hydrogen (secondary N) is 2. The van der Waals surface area contributed by atoms with Gasteiger partial charge in [-0.1, -0.05) is 18.7 Å². The molecule has 2 N–H and O–H groups in total. The lowest BCUT2D eigenvalue weighted by atomic mass is 10.0. The summed E-state index contributed by atoms with van der Waals surface area (Å²) >= 11 is 0. The number of rotatable bonds is 8. The van der Waals surface area contributed by atoms with Crippen molar-refractivity contribution in [3.63, 3.8) is 0 Å². The Kier molecular flexibility index (Phi) is 7.02. The van der Waals surface area contributed by atoms with Gasteiger partial charge in [-0.25, -0.2) is 0 Å². The van der Waals surface area contributed by atoms with Crippen LogP contribution in [0.15, 0.2) is 60.9 Å². The molecule has 0 amide bonds. The maximum absolute atomic E-state index is 6.11. The predicted octanol–water partition coefficient (Wildman–Crippen LogP) is 3.78. The van der Waals surface area contributed by atoms with E-state index in [2.05, 4.69) is 80.2 Å². The van der Waals surface area contributed by atoms with Crippen LogP contribution >= 0.6 is 0 Å². The number of fused-ring (bicyclic) bond motifs is 1. The Bertz CT molecular complexity index is 1100. The first-order valence-corrected chi connectivity index (χ1v) is 12.4. The smallest absolute Gasteiger partial charge is 0.127 e. The third-order valence-corrected chi connectivity index (χ3v) is 6.98. The van der Waals surface area contributed by atoms with E-state index < -0.39 is 0 Å². The molecular weight excluding hydrogens is 424 g/mol. The van der Waals surface area contributed by atoms with E-state index in [0.717, 1.165) is 73.9 Å². The number of hydrogen-bond donors (Lipinski definition) is 2. The molecule has 0 radical (unpaired) electrons. The van der Waals surface area contributed by atoms with Crippen LogP contribution in [0.3, 0.4) is 0 Å². The number of piperidine rings is 1. The van der Waals surface area contributed by atoms with Gasteiger partial charge in [-0.05, 0) is 62.3 Å². The zero-order valence-electron chi connectivity index (χ0n) is 20.2. The van der Waals surface area contributed by atoms with E-state index in [9.17, 15) is 0 Å². The van der Waals surface area contributed by atoms with Crippen LogP contribution in [0.4, 0.5) is 5.69 Å². The minimum absolute atomic E-state index is 0.449. The summed E-state index contributed by atoms with van der Waals surface area (Å²) in [5.41, 5.74) is 4.60. The van der Waals surface area contributed by atoms with Crippen LogP contribution in [-0.4, -0.2) is 83.9 Å². The van der Waals surface area contributed by atoms with Gasteiger partial charge in [-0.3, -0.25) is 10.00 Å². The largest absolute Gasteiger partial charge is 0.487 e. The van der Waals surface area contributed by atoms with Crippen LogP contribution in [-0.2, 0) is 6.54 Å². The zero-order chi connectivity index (χ0) is 23.3. The second kappa shape index (κ2) is 10.5. The number of benzene rings is 2. The number of piperazine rings is 1. The molecular formula is C27H36N6O. The fraction of sp³-hybridized carbons (Fsp3) is 0.444. The van der Waals surface area contributed by atoms with Crippen molar-refractivity contribution in [2.75, 3.05) is 58.2 Å². The third kappa shape index (κ3) is 5.72. The van der Waals surface area contributed by atoms with Gasteiger partial charge < -0.3 is 19.9 Å². The van der Waals surface area contributed by atoms with Crippen molar-refractivity contribution >= 4 is 16.6 Å². The molecule has 0 aliphatic carbocycles. The van der Waals surface area contributed by atoms with Gasteiger partial charge in [-0.15, -0.1) is 0 Å². The highest BCUT2D eigenvalue weighted by atomic mass is 16.5. The Morgan fingerprint density at radius 3 is 2.91 bits per heavy atom. The van der Waals surface area contributed by atoms with E-state index in [4.69, 9.17) is 4.74 Å². The number of hydrogen-bond acceptors (Lipinski definition) is 6. The summed E-state index contributed by atoms with van der Waals surface area (Å²) in [5.74, 6) is 0.924. The molecule has 0 bridgehead atoms. The highest BCUT2D eigenvalue weighted by Crippen LogP contribution is 2.22. The molecule has 0 spiro atoms. The number of ether oxygens (including phenoxy) is 1. The normalized spacial score (nSPS) is 19.9. The maximum Gasteiger partial charge on any atom is 0.127 e. The Morgan fingerprint density at radius 1 is 1.15 bits per heavy atom. The molecule has 2 saturated heterocycles. The lowest BCUT2D eigenvalue weighted by Gasteiger charge is -2.35. The number of likely N-dealkylation sites (N-methyl/N-ethyl adjacent to an activating group) is 1. The van der Waals surface area contributed by atoms with E-state index in [1.54, 1.807) is 0 Å². The lowest BCUT2D eigenvalue weighted by molar-refractivity contribution is 0.170. The van der Waals surface area contributed by atoms with Crippen molar-refractivity contribution in [1.82, 2.24) is 24.9 Å². The Labute approximate surface area is 202 Å². The molecule has 3 aromatic rings. The lowest BCUT2D eigenvalue weighted by Crippen LogP contribution is -2.44. The monoisotopic (exact) mass is 460 g/mol. The fourth-order valence-corrected chi connectivity index (χ4v) is 4.96. The second-order valence-electron chi connectivity index (χ2n) is 9.68. The summed E-state index contributed by atoms with van der Waals surface area (Å²) in [6.07, 6.45) is 4.27. The Hall–Kier alpha value is -3.03. The average molecular weight is 461 g/mol. The van der Waals surface area contributed by atoms with Crippen LogP contribution in [0.2, 0.25) is 0 Å². The molecule has 2 aliphatic heterocycles. The predicted molar refractivity (Wildman–Crippen MR) is 138 cm³/mol. The molecule has 34 heavy (non-hydrogen) atoms. The number of anilines is 1. The van der Waals surface area contributed by atoms with Gasteiger partial charge >= 0.3 is 0 Å². The van der Waals surface area contributed by atoms with Gasteiger partial charge in [-0.2, -0.15) is 5.10 Å². The standard InChI is InChI=1S/C27H36N6O/c1-21(33-13-11-31(2)12-14-33)20-34-26-7-3-5-22(15-26)18-32-10-4-6-25(19-32)29-24-8-9-27-23(16-24)17-28-30-27/h3,5,7-9,15-17,25,29H,1,4,6,10-14,18-20H2,2H3,(H,28,30)/t25-/m1/s1. The molecule has 5 rings (SSSR count). The number of H-pyrrole nitrogens is 1. The highest BCUT2D eigenvalue weighted by molar-refractivity contribution is 5.81. The van der Waals surface area contributed by atoms with Crippen molar-refractivity contribution in [2.24, 2.45) is 0 Å². The van der Waals surface area contributed by atoms with Crippen LogP contribution in [0.5, 0.6) is 5.75 Å². The minimum Gasteiger partial charge on any atom is -0.487 e. The Morgan fingerprint density at radius 2 is 2.03 bits per heavy atom. The molecule has 1 aromatic heterocycles. The Balaban J connectivity index is 1.12. The maximum atomic E-state index is 6.11. The van der Waals surface area contributed by atoms with Crippen LogP contribution in [0, 0.1) is 0 Å². The van der Waals surface area contributed by atoms with E-state index in [0.29, 0.717) is 12.6 Å². The number of aromatic amines is 1. The van der Waals surface area contributed by atoms with Crippen molar-refractivity contribution in [1.29, 1.82) is 0 Å². The molecule has 7 nitrogen and oxygen atoms in total. The van der Waals surface area contributed by atoms with E-state index >= 15 is 0 Å². The minimum atomic E-state index is 0.449. The van der Waals surface area contributed by atoms with Gasteiger partial charge in [0.15, 0.2) is 0 Å². The van der Waals surface area contributed by atoms with Gasteiger partial charge in [0, 0.05) is 62.1 Å². The summed E-state index contributed by atoms with van der Waals surface area (Å²) in [7, 11) is 2.17. The van der Waals surface area contributed by atoms with Crippen molar-refractivity contribution in [2.45, 2.75) is 25.4 Å². The SMILES string of the molecule is C=C(COc1cccc(CN2CCC[C@@H](Nc3ccc4[nH]ncc4c3)C2)c1)N1CCN(C)CC1. The molecule has 2 fully saturated rings. The van der Waals surface area contributed by atoms with Gasteiger partial charge in [0.05, 0.1) is 11.7 Å². The summed E-state index contributed by atoms with van der Waals surface area (Å²) < 4.78 is 6.11. The number of nitrogens with zero attached hydrogens (tertiary/aromatic N) is 4. The summed E-state index contributed by atoms with van der Waals surface area (Å²) in [6, 6.07) is 15.4. The molecule has 180 valence electrons. The van der Waals surface area contributed by atoms with Crippen LogP contribution in [0.25, 0.3) is 10.9 Å². The molecule has 0 unspecified atom stereocenters. The average Bonchev–Trinajstić information content (AvgIpc) is 3.31. The van der Waals surface area contributed by atoms with Crippen molar-refractivity contribution < 1.29 is 4.74 Å². The first kappa shape index (κ1) is 22.7. The molecule has 7 heteroatoms. The first-order chi connectivity index (χ1) is 16.6. The van der Waals surface area contributed by atoms with Crippen LogP contribution in [0.1, 0.15) is 18.4 Å². The number of aromatic nitrogens is 2. The van der Waals surface area contributed by atoms with E-state index in [1.165, 1.54) is 18.4 Å². The summed E-state index contributed by atoms with van der Waals surface area (Å²) in [4.78, 5) is 7.24.